The van der Waals surface area contributed by atoms with Crippen LogP contribution in [0.15, 0.2) is 72.8 Å². The molecule has 0 bridgehead atoms. The summed E-state index contributed by atoms with van der Waals surface area (Å²) in [4.78, 5) is 24.3. The van der Waals surface area contributed by atoms with Crippen molar-refractivity contribution in [2.75, 3.05) is 11.9 Å². The molecular formula is C24H23NO4. The zero-order valence-corrected chi connectivity index (χ0v) is 16.5. The lowest BCUT2D eigenvalue weighted by Crippen LogP contribution is -2.18. The van der Waals surface area contributed by atoms with Gasteiger partial charge in [-0.15, -0.1) is 0 Å². The van der Waals surface area contributed by atoms with Gasteiger partial charge in [-0.2, -0.15) is 0 Å². The van der Waals surface area contributed by atoms with Gasteiger partial charge in [0.1, 0.15) is 11.5 Å². The second kappa shape index (κ2) is 9.55. The fraction of sp³-hybridized carbons (Fsp3) is 0.167. The molecular weight excluding hydrogens is 366 g/mol. The fourth-order valence-corrected chi connectivity index (χ4v) is 2.67. The smallest absolute Gasteiger partial charge is 0.349 e. The zero-order chi connectivity index (χ0) is 20.6. The van der Waals surface area contributed by atoms with Crippen molar-refractivity contribution >= 4 is 17.6 Å². The van der Waals surface area contributed by atoms with Crippen molar-refractivity contribution in [3.63, 3.8) is 0 Å². The third kappa shape index (κ3) is 5.94. The zero-order valence-electron chi connectivity index (χ0n) is 16.5. The van der Waals surface area contributed by atoms with E-state index in [1.807, 2.05) is 49.4 Å². The molecule has 0 saturated carbocycles. The molecule has 0 heterocycles. The third-order valence-corrected chi connectivity index (χ3v) is 4.32. The van der Waals surface area contributed by atoms with Gasteiger partial charge in [-0.25, -0.2) is 4.79 Å². The number of anilines is 1. The first-order chi connectivity index (χ1) is 14.0. The van der Waals surface area contributed by atoms with E-state index >= 15 is 0 Å². The first-order valence-corrected chi connectivity index (χ1v) is 9.44. The predicted molar refractivity (Wildman–Crippen MR) is 113 cm³/mol. The molecule has 1 amide bonds. The van der Waals surface area contributed by atoms with Crippen LogP contribution >= 0.6 is 0 Å². The van der Waals surface area contributed by atoms with E-state index in [2.05, 4.69) is 12.2 Å². The van der Waals surface area contributed by atoms with E-state index < -0.39 is 5.97 Å². The summed E-state index contributed by atoms with van der Waals surface area (Å²) >= 11 is 0. The van der Waals surface area contributed by atoms with E-state index in [0.717, 1.165) is 23.2 Å². The Hall–Kier alpha value is -3.60. The number of nitrogens with one attached hydrogen (secondary N) is 1. The Morgan fingerprint density at radius 2 is 1.62 bits per heavy atom. The lowest BCUT2D eigenvalue weighted by Gasteiger charge is -2.09. The third-order valence-electron chi connectivity index (χ3n) is 4.32. The molecule has 3 aromatic carbocycles. The first kappa shape index (κ1) is 20.1. The van der Waals surface area contributed by atoms with Gasteiger partial charge < -0.3 is 14.8 Å². The summed E-state index contributed by atoms with van der Waals surface area (Å²) in [5.74, 6) is 0.242. The Morgan fingerprint density at radius 3 is 2.31 bits per heavy atom. The maximum absolute atomic E-state index is 12.3. The second-order valence-electron chi connectivity index (χ2n) is 6.61. The van der Waals surface area contributed by atoms with Crippen LogP contribution in [0.5, 0.6) is 11.5 Å². The van der Waals surface area contributed by atoms with Crippen molar-refractivity contribution in [1.29, 1.82) is 0 Å². The number of benzene rings is 3. The number of ether oxygens (including phenoxy) is 2. The molecule has 0 radical (unpaired) electrons. The highest BCUT2D eigenvalue weighted by Crippen LogP contribution is 2.16. The average Bonchev–Trinajstić information content (AvgIpc) is 2.74. The molecule has 0 unspecified atom stereocenters. The number of aryl methyl sites for hydroxylation is 2. The minimum Gasteiger partial charge on any atom is -0.482 e. The molecule has 3 aromatic rings. The maximum Gasteiger partial charge on any atom is 0.349 e. The van der Waals surface area contributed by atoms with E-state index in [1.54, 1.807) is 30.3 Å². The van der Waals surface area contributed by atoms with Crippen molar-refractivity contribution in [3.05, 3.63) is 89.5 Å². The molecule has 0 aliphatic rings. The molecule has 0 aromatic heterocycles. The molecule has 3 rings (SSSR count). The molecule has 148 valence electrons. The van der Waals surface area contributed by atoms with Crippen LogP contribution in [-0.2, 0) is 11.2 Å². The molecule has 0 atom stereocenters. The van der Waals surface area contributed by atoms with Crippen LogP contribution in [0.1, 0.15) is 28.4 Å². The van der Waals surface area contributed by atoms with Gasteiger partial charge in [0.05, 0.1) is 0 Å². The van der Waals surface area contributed by atoms with E-state index in [-0.39, 0.29) is 12.5 Å². The van der Waals surface area contributed by atoms with Crippen molar-refractivity contribution in [1.82, 2.24) is 0 Å². The van der Waals surface area contributed by atoms with Crippen LogP contribution in [0, 0.1) is 6.92 Å². The average molecular weight is 389 g/mol. The van der Waals surface area contributed by atoms with Gasteiger partial charge in [-0.3, -0.25) is 4.79 Å². The van der Waals surface area contributed by atoms with Gasteiger partial charge >= 0.3 is 5.97 Å². The van der Waals surface area contributed by atoms with Crippen LogP contribution < -0.4 is 14.8 Å². The highest BCUT2D eigenvalue weighted by atomic mass is 16.6. The standard InChI is InChI=1S/C24H23NO4/c1-3-18-5-4-6-22(15-18)28-16-23(26)29-21-13-9-19(10-14-21)24(27)25-20-11-7-17(2)8-12-20/h4-15H,3,16H2,1-2H3,(H,25,27). The molecule has 1 N–H and O–H groups in total. The van der Waals surface area contributed by atoms with Crippen molar-refractivity contribution < 1.29 is 19.1 Å². The minimum absolute atomic E-state index is 0.192. The number of esters is 1. The minimum atomic E-state index is -0.510. The molecule has 5 nitrogen and oxygen atoms in total. The number of rotatable bonds is 7. The number of amides is 1. The van der Waals surface area contributed by atoms with E-state index in [1.165, 1.54) is 0 Å². The number of carbonyl (C=O) groups is 2. The van der Waals surface area contributed by atoms with E-state index in [4.69, 9.17) is 9.47 Å². The largest absolute Gasteiger partial charge is 0.482 e. The predicted octanol–water partition coefficient (Wildman–Crippen LogP) is 4.79. The van der Waals surface area contributed by atoms with Gasteiger partial charge in [0.2, 0.25) is 0 Å². The quantitative estimate of drug-likeness (QED) is 0.466. The monoisotopic (exact) mass is 389 g/mol. The number of hydrogen-bond acceptors (Lipinski definition) is 4. The van der Waals surface area contributed by atoms with Crippen LogP contribution in [0.4, 0.5) is 5.69 Å². The van der Waals surface area contributed by atoms with Gasteiger partial charge in [0.15, 0.2) is 6.61 Å². The molecule has 0 aliphatic heterocycles. The van der Waals surface area contributed by atoms with Gasteiger partial charge in [-0.05, 0) is 67.4 Å². The summed E-state index contributed by atoms with van der Waals surface area (Å²) in [5.41, 5.74) is 3.45. The van der Waals surface area contributed by atoms with E-state index in [9.17, 15) is 9.59 Å². The Bertz CT molecular complexity index is 979. The van der Waals surface area contributed by atoms with Crippen molar-refractivity contribution in [2.24, 2.45) is 0 Å². The Labute approximate surface area is 170 Å². The van der Waals surface area contributed by atoms with Crippen LogP contribution in [0.3, 0.4) is 0 Å². The summed E-state index contributed by atoms with van der Waals surface area (Å²) in [7, 11) is 0. The summed E-state index contributed by atoms with van der Waals surface area (Å²) in [6.07, 6.45) is 0.894. The highest BCUT2D eigenvalue weighted by molar-refractivity contribution is 6.04. The Morgan fingerprint density at radius 1 is 0.897 bits per heavy atom. The van der Waals surface area contributed by atoms with Gasteiger partial charge in [0.25, 0.3) is 5.91 Å². The summed E-state index contributed by atoms with van der Waals surface area (Å²) in [5, 5.41) is 2.83. The molecule has 29 heavy (non-hydrogen) atoms. The van der Waals surface area contributed by atoms with Crippen LogP contribution in [0.2, 0.25) is 0 Å². The first-order valence-electron chi connectivity index (χ1n) is 9.44. The lowest BCUT2D eigenvalue weighted by atomic mass is 10.2. The molecule has 0 saturated heterocycles. The Kier molecular flexibility index (Phi) is 6.63. The maximum atomic E-state index is 12.3. The van der Waals surface area contributed by atoms with Gasteiger partial charge in [0, 0.05) is 11.3 Å². The molecule has 0 spiro atoms. The van der Waals surface area contributed by atoms with E-state index in [0.29, 0.717) is 17.1 Å². The Balaban J connectivity index is 1.52. The van der Waals surface area contributed by atoms with Crippen molar-refractivity contribution in [3.8, 4) is 11.5 Å². The SMILES string of the molecule is CCc1cccc(OCC(=O)Oc2ccc(C(=O)Nc3ccc(C)cc3)cc2)c1. The topological polar surface area (TPSA) is 64.6 Å². The molecule has 5 heteroatoms. The number of carbonyl (C=O) groups excluding carboxylic acids is 2. The fourth-order valence-electron chi connectivity index (χ4n) is 2.67. The second-order valence-corrected chi connectivity index (χ2v) is 6.61. The molecule has 0 aliphatic carbocycles. The summed E-state index contributed by atoms with van der Waals surface area (Å²) in [6, 6.07) is 21.5. The van der Waals surface area contributed by atoms with Crippen LogP contribution in [-0.4, -0.2) is 18.5 Å². The number of hydrogen-bond donors (Lipinski definition) is 1. The van der Waals surface area contributed by atoms with Gasteiger partial charge in [-0.1, -0.05) is 36.8 Å². The van der Waals surface area contributed by atoms with Crippen molar-refractivity contribution in [2.45, 2.75) is 20.3 Å². The lowest BCUT2D eigenvalue weighted by molar-refractivity contribution is -0.136. The normalized spacial score (nSPS) is 10.3. The van der Waals surface area contributed by atoms with Crippen LogP contribution in [0.25, 0.3) is 0 Å². The summed E-state index contributed by atoms with van der Waals surface area (Å²) in [6.45, 7) is 3.85. The summed E-state index contributed by atoms with van der Waals surface area (Å²) < 4.78 is 10.7. The molecule has 0 fully saturated rings. The highest BCUT2D eigenvalue weighted by Gasteiger charge is 2.09.